The number of hydrogen-bond donors (Lipinski definition) is 1. The van der Waals surface area contributed by atoms with E-state index < -0.39 is 5.97 Å². The van der Waals surface area contributed by atoms with Crippen molar-refractivity contribution in [2.24, 2.45) is 0 Å². The van der Waals surface area contributed by atoms with Crippen molar-refractivity contribution in [3.8, 4) is 34.0 Å². The molecule has 0 aliphatic heterocycles. The van der Waals surface area contributed by atoms with Gasteiger partial charge in [0.15, 0.2) is 0 Å². The number of carbonyl (C=O) groups is 1. The van der Waals surface area contributed by atoms with Crippen LogP contribution >= 0.6 is 0 Å². The van der Waals surface area contributed by atoms with Crippen LogP contribution in [-0.2, 0) is 17.8 Å². The summed E-state index contributed by atoms with van der Waals surface area (Å²) >= 11 is 0. The number of carboxylic acids is 1. The average Bonchev–Trinajstić information content (AvgIpc) is 3.16. The fraction of sp³-hybridized carbons (Fsp3) is 0.333. The quantitative estimate of drug-likeness (QED) is 0.508. The molecule has 0 unspecified atom stereocenters. The van der Waals surface area contributed by atoms with Gasteiger partial charge in [0, 0.05) is 17.7 Å². The minimum atomic E-state index is -0.870. The molecule has 0 radical (unpaired) electrons. The van der Waals surface area contributed by atoms with Crippen molar-refractivity contribution in [2.45, 2.75) is 39.7 Å². The molecular weight excluding hydrogens is 380 g/mol. The molecule has 1 heterocycles. The second-order valence-electron chi connectivity index (χ2n) is 7.03. The third-order valence-electron chi connectivity index (χ3n) is 4.86. The van der Waals surface area contributed by atoms with Crippen LogP contribution in [0.3, 0.4) is 0 Å². The van der Waals surface area contributed by atoms with Gasteiger partial charge in [0.05, 0.1) is 31.5 Å². The zero-order valence-electron chi connectivity index (χ0n) is 17.7. The molecule has 0 saturated heterocycles. The molecule has 0 aliphatic rings. The first-order valence-electron chi connectivity index (χ1n) is 10.3. The van der Waals surface area contributed by atoms with Crippen LogP contribution < -0.4 is 9.47 Å². The standard InChI is InChI=1S/C24H28N2O4/c1-4-6-13-26-21(18-9-7-8-10-23(18)30-5-2)16-20(25-26)19-14-17(15-24(27)28)11-12-22(19)29-3/h7-12,14,16H,4-6,13,15H2,1-3H3,(H,27,28). The Balaban J connectivity index is 2.13. The topological polar surface area (TPSA) is 73.6 Å². The van der Waals surface area contributed by atoms with E-state index in [9.17, 15) is 4.79 Å². The normalized spacial score (nSPS) is 10.8. The number of para-hydroxylation sites is 1. The Kier molecular flexibility index (Phi) is 7.12. The molecule has 1 N–H and O–H groups in total. The largest absolute Gasteiger partial charge is 0.496 e. The molecule has 0 bridgehead atoms. The summed E-state index contributed by atoms with van der Waals surface area (Å²) in [5, 5.41) is 14.0. The Labute approximate surface area is 177 Å². The van der Waals surface area contributed by atoms with Gasteiger partial charge in [-0.3, -0.25) is 9.48 Å². The maximum Gasteiger partial charge on any atom is 0.307 e. The number of rotatable bonds is 10. The summed E-state index contributed by atoms with van der Waals surface area (Å²) in [6, 6.07) is 15.4. The molecule has 1 aromatic heterocycles. The summed E-state index contributed by atoms with van der Waals surface area (Å²) in [6.07, 6.45) is 2.01. The van der Waals surface area contributed by atoms with Gasteiger partial charge in [-0.2, -0.15) is 5.10 Å². The molecule has 0 spiro atoms. The van der Waals surface area contributed by atoms with Gasteiger partial charge < -0.3 is 14.6 Å². The number of nitrogens with zero attached hydrogens (tertiary/aromatic N) is 2. The highest BCUT2D eigenvalue weighted by atomic mass is 16.5. The molecule has 6 nitrogen and oxygen atoms in total. The molecule has 158 valence electrons. The van der Waals surface area contributed by atoms with E-state index in [4.69, 9.17) is 19.7 Å². The average molecular weight is 408 g/mol. The van der Waals surface area contributed by atoms with Crippen molar-refractivity contribution < 1.29 is 19.4 Å². The van der Waals surface area contributed by atoms with E-state index >= 15 is 0 Å². The Morgan fingerprint density at radius 1 is 1.07 bits per heavy atom. The van der Waals surface area contributed by atoms with Crippen molar-refractivity contribution >= 4 is 5.97 Å². The number of carboxylic acid groups (broad SMARTS) is 1. The fourth-order valence-corrected chi connectivity index (χ4v) is 3.44. The lowest BCUT2D eigenvalue weighted by atomic mass is 10.0. The van der Waals surface area contributed by atoms with Gasteiger partial charge in [-0.15, -0.1) is 0 Å². The molecule has 0 aliphatic carbocycles. The first-order chi connectivity index (χ1) is 14.6. The highest BCUT2D eigenvalue weighted by Gasteiger charge is 2.18. The Morgan fingerprint density at radius 2 is 1.87 bits per heavy atom. The lowest BCUT2D eigenvalue weighted by Crippen LogP contribution is -2.04. The van der Waals surface area contributed by atoms with Crippen LogP contribution in [0.2, 0.25) is 0 Å². The molecule has 2 aromatic carbocycles. The van der Waals surface area contributed by atoms with Gasteiger partial charge in [-0.1, -0.05) is 31.5 Å². The van der Waals surface area contributed by atoms with Gasteiger partial charge in [0.2, 0.25) is 0 Å². The van der Waals surface area contributed by atoms with Crippen LogP contribution in [0.25, 0.3) is 22.5 Å². The first kappa shape index (κ1) is 21.4. The van der Waals surface area contributed by atoms with E-state index in [1.807, 2.05) is 48.0 Å². The van der Waals surface area contributed by atoms with E-state index in [1.54, 1.807) is 19.2 Å². The second kappa shape index (κ2) is 9.96. The van der Waals surface area contributed by atoms with Crippen molar-refractivity contribution in [1.29, 1.82) is 0 Å². The number of hydrogen-bond acceptors (Lipinski definition) is 4. The Morgan fingerprint density at radius 3 is 2.57 bits per heavy atom. The van der Waals surface area contributed by atoms with Crippen molar-refractivity contribution in [2.75, 3.05) is 13.7 Å². The molecule has 30 heavy (non-hydrogen) atoms. The second-order valence-corrected chi connectivity index (χ2v) is 7.03. The monoisotopic (exact) mass is 408 g/mol. The van der Waals surface area contributed by atoms with Crippen LogP contribution in [0, 0.1) is 0 Å². The number of ether oxygens (including phenoxy) is 2. The molecular formula is C24H28N2O4. The Hall–Kier alpha value is -3.28. The first-order valence-corrected chi connectivity index (χ1v) is 10.3. The maximum atomic E-state index is 11.2. The minimum absolute atomic E-state index is 0.0480. The summed E-state index contributed by atoms with van der Waals surface area (Å²) in [5.41, 5.74) is 4.18. The van der Waals surface area contributed by atoms with Crippen LogP contribution in [0.5, 0.6) is 11.5 Å². The number of aliphatic carboxylic acids is 1. The van der Waals surface area contributed by atoms with Crippen LogP contribution in [-0.4, -0.2) is 34.6 Å². The molecule has 3 rings (SSSR count). The predicted octanol–water partition coefficient (Wildman–Crippen LogP) is 5.05. The molecule has 0 fully saturated rings. The summed E-state index contributed by atoms with van der Waals surface area (Å²) in [7, 11) is 1.61. The van der Waals surface area contributed by atoms with Crippen LogP contribution in [0.4, 0.5) is 0 Å². The number of aromatic nitrogens is 2. The van der Waals surface area contributed by atoms with Gasteiger partial charge in [-0.05, 0) is 49.2 Å². The van der Waals surface area contributed by atoms with E-state index in [0.29, 0.717) is 17.9 Å². The zero-order chi connectivity index (χ0) is 21.5. The molecule has 0 amide bonds. The molecule has 0 saturated carbocycles. The fourth-order valence-electron chi connectivity index (χ4n) is 3.44. The lowest BCUT2D eigenvalue weighted by Gasteiger charge is -2.11. The number of unbranched alkanes of at least 4 members (excludes halogenated alkanes) is 1. The SMILES string of the molecule is CCCCn1nc(-c2cc(CC(=O)O)ccc2OC)cc1-c1ccccc1OCC. The minimum Gasteiger partial charge on any atom is -0.496 e. The van der Waals surface area contributed by atoms with Crippen molar-refractivity contribution in [3.63, 3.8) is 0 Å². The highest BCUT2D eigenvalue weighted by molar-refractivity contribution is 5.77. The van der Waals surface area contributed by atoms with Gasteiger partial charge in [-0.25, -0.2) is 0 Å². The summed E-state index contributed by atoms with van der Waals surface area (Å²) < 4.78 is 13.4. The van der Waals surface area contributed by atoms with Crippen molar-refractivity contribution in [1.82, 2.24) is 9.78 Å². The number of methoxy groups -OCH3 is 1. The van der Waals surface area contributed by atoms with E-state index in [2.05, 4.69) is 6.92 Å². The van der Waals surface area contributed by atoms with Gasteiger partial charge in [0.1, 0.15) is 11.5 Å². The number of aryl methyl sites for hydroxylation is 1. The molecule has 0 atom stereocenters. The Bertz CT molecular complexity index is 1010. The molecule has 3 aromatic rings. The van der Waals surface area contributed by atoms with E-state index in [-0.39, 0.29) is 6.42 Å². The lowest BCUT2D eigenvalue weighted by molar-refractivity contribution is -0.136. The van der Waals surface area contributed by atoms with Crippen LogP contribution in [0.1, 0.15) is 32.3 Å². The summed E-state index contributed by atoms with van der Waals surface area (Å²) in [6.45, 7) is 5.48. The third kappa shape index (κ3) is 4.82. The molecule has 6 heteroatoms. The smallest absolute Gasteiger partial charge is 0.307 e. The summed E-state index contributed by atoms with van der Waals surface area (Å²) in [4.78, 5) is 11.2. The van der Waals surface area contributed by atoms with Gasteiger partial charge >= 0.3 is 5.97 Å². The summed E-state index contributed by atoms with van der Waals surface area (Å²) in [5.74, 6) is 0.607. The number of benzene rings is 2. The maximum absolute atomic E-state index is 11.2. The van der Waals surface area contributed by atoms with E-state index in [0.717, 1.165) is 47.7 Å². The van der Waals surface area contributed by atoms with E-state index in [1.165, 1.54) is 0 Å². The highest BCUT2D eigenvalue weighted by Crippen LogP contribution is 2.36. The predicted molar refractivity (Wildman–Crippen MR) is 117 cm³/mol. The van der Waals surface area contributed by atoms with Crippen LogP contribution in [0.15, 0.2) is 48.5 Å². The zero-order valence-corrected chi connectivity index (χ0v) is 17.7. The third-order valence-corrected chi connectivity index (χ3v) is 4.86. The van der Waals surface area contributed by atoms with Crippen molar-refractivity contribution in [3.05, 3.63) is 54.1 Å². The van der Waals surface area contributed by atoms with Gasteiger partial charge in [0.25, 0.3) is 0 Å².